The topological polar surface area (TPSA) is 82.2 Å². The van der Waals surface area contributed by atoms with Gasteiger partial charge >= 0.3 is 0 Å². The molecule has 0 saturated heterocycles. The second kappa shape index (κ2) is 5.67. The van der Waals surface area contributed by atoms with Gasteiger partial charge in [0.05, 0.1) is 20.9 Å². The molecule has 0 N–H and O–H groups in total. The highest BCUT2D eigenvalue weighted by Gasteiger charge is 2.24. The number of nitrogens with zero attached hydrogens (tertiary/aromatic N) is 2. The highest BCUT2D eigenvalue weighted by Crippen LogP contribution is 2.34. The van der Waals surface area contributed by atoms with Crippen LogP contribution in [0.4, 0.5) is 5.69 Å². The molecule has 0 saturated carbocycles. The fraction of sp³-hybridized carbons (Fsp3) is 0.0526. The largest absolute Gasteiger partial charge is 0.271 e. The number of fused-ring (bicyclic) bond motifs is 3. The Labute approximate surface area is 149 Å². The van der Waals surface area contributed by atoms with Gasteiger partial charge in [-0.2, -0.15) is 0 Å². The summed E-state index contributed by atoms with van der Waals surface area (Å²) in [6, 6.07) is 17.9. The van der Waals surface area contributed by atoms with E-state index in [0.717, 1.165) is 10.9 Å². The summed E-state index contributed by atoms with van der Waals surface area (Å²) in [5, 5.41) is 12.6. The number of para-hydroxylation sites is 1. The monoisotopic (exact) mass is 366 g/mol. The number of hydrogen-bond acceptors (Lipinski definition) is 4. The molecule has 0 atom stereocenters. The molecule has 0 aliphatic carbocycles. The van der Waals surface area contributed by atoms with E-state index in [1.165, 1.54) is 16.1 Å². The van der Waals surface area contributed by atoms with Gasteiger partial charge in [-0.1, -0.05) is 35.9 Å². The van der Waals surface area contributed by atoms with Crippen LogP contribution in [0.1, 0.15) is 5.56 Å². The molecule has 3 aromatic carbocycles. The van der Waals surface area contributed by atoms with Crippen molar-refractivity contribution in [1.82, 2.24) is 3.97 Å². The summed E-state index contributed by atoms with van der Waals surface area (Å²) >= 11 is 0. The van der Waals surface area contributed by atoms with Gasteiger partial charge < -0.3 is 0 Å². The van der Waals surface area contributed by atoms with Crippen molar-refractivity contribution in [3.63, 3.8) is 0 Å². The molecule has 0 amide bonds. The molecule has 4 rings (SSSR count). The number of hydrogen-bond donors (Lipinski definition) is 0. The van der Waals surface area contributed by atoms with Crippen LogP contribution in [0.2, 0.25) is 0 Å². The molecule has 1 heterocycles. The number of aromatic nitrogens is 1. The van der Waals surface area contributed by atoms with Crippen LogP contribution in [0.25, 0.3) is 21.8 Å². The van der Waals surface area contributed by atoms with Gasteiger partial charge in [0.25, 0.3) is 15.7 Å². The lowest BCUT2D eigenvalue weighted by atomic mass is 10.1. The summed E-state index contributed by atoms with van der Waals surface area (Å²) in [5.41, 5.74) is 1.58. The molecule has 0 spiro atoms. The van der Waals surface area contributed by atoms with Gasteiger partial charge in [0.15, 0.2) is 0 Å². The molecule has 130 valence electrons. The third-order valence-electron chi connectivity index (χ3n) is 4.38. The molecule has 0 unspecified atom stereocenters. The minimum absolute atomic E-state index is 0.136. The summed E-state index contributed by atoms with van der Waals surface area (Å²) in [6.07, 6.45) is 0. The van der Waals surface area contributed by atoms with Crippen LogP contribution in [0, 0.1) is 17.0 Å². The highest BCUT2D eigenvalue weighted by molar-refractivity contribution is 7.90. The molecule has 0 radical (unpaired) electrons. The average Bonchev–Trinajstić information content (AvgIpc) is 2.96. The van der Waals surface area contributed by atoms with Crippen LogP contribution in [0.3, 0.4) is 0 Å². The lowest BCUT2D eigenvalue weighted by Crippen LogP contribution is -2.12. The molecule has 4 aromatic rings. The number of non-ortho nitro benzene ring substituents is 1. The van der Waals surface area contributed by atoms with E-state index in [-0.39, 0.29) is 10.6 Å². The van der Waals surface area contributed by atoms with Gasteiger partial charge in [-0.3, -0.25) is 10.1 Å². The predicted octanol–water partition coefficient (Wildman–Crippen LogP) is 4.25. The van der Waals surface area contributed by atoms with Crippen molar-refractivity contribution in [3.05, 3.63) is 82.4 Å². The second-order valence-corrected chi connectivity index (χ2v) is 7.84. The van der Waals surface area contributed by atoms with Gasteiger partial charge in [-0.15, -0.1) is 0 Å². The lowest BCUT2D eigenvalue weighted by molar-refractivity contribution is -0.384. The van der Waals surface area contributed by atoms with Gasteiger partial charge in [-0.25, -0.2) is 12.4 Å². The van der Waals surface area contributed by atoms with Crippen molar-refractivity contribution in [2.45, 2.75) is 11.8 Å². The SMILES string of the molecule is Cc1ccc(S(=O)(=O)n2c3ccccc3c3ccc([N+](=O)[O-])cc32)cc1. The maximum Gasteiger partial charge on any atom is 0.271 e. The molecule has 0 aliphatic rings. The zero-order chi connectivity index (χ0) is 18.5. The lowest BCUT2D eigenvalue weighted by Gasteiger charge is -2.09. The van der Waals surface area contributed by atoms with Crippen molar-refractivity contribution in [2.75, 3.05) is 0 Å². The van der Waals surface area contributed by atoms with Crippen LogP contribution in [-0.4, -0.2) is 17.3 Å². The molecule has 0 aliphatic heterocycles. The average molecular weight is 366 g/mol. The highest BCUT2D eigenvalue weighted by atomic mass is 32.2. The van der Waals surface area contributed by atoms with Gasteiger partial charge in [-0.05, 0) is 31.2 Å². The number of rotatable bonds is 3. The van der Waals surface area contributed by atoms with Crippen molar-refractivity contribution in [2.24, 2.45) is 0 Å². The fourth-order valence-electron chi connectivity index (χ4n) is 3.11. The Bertz CT molecular complexity index is 1270. The predicted molar refractivity (Wildman–Crippen MR) is 99.9 cm³/mol. The number of nitro benzene ring substituents is 1. The Balaban J connectivity index is 2.14. The van der Waals surface area contributed by atoms with Gasteiger partial charge in [0.1, 0.15) is 0 Å². The quantitative estimate of drug-likeness (QED) is 0.401. The molecule has 0 fully saturated rings. The van der Waals surface area contributed by atoms with Crippen LogP contribution < -0.4 is 0 Å². The summed E-state index contributed by atoms with van der Waals surface area (Å²) in [7, 11) is -3.91. The van der Waals surface area contributed by atoms with Crippen LogP contribution >= 0.6 is 0 Å². The van der Waals surface area contributed by atoms with Gasteiger partial charge in [0.2, 0.25) is 0 Å². The van der Waals surface area contributed by atoms with E-state index in [1.807, 2.05) is 19.1 Å². The molecule has 26 heavy (non-hydrogen) atoms. The van der Waals surface area contributed by atoms with E-state index in [9.17, 15) is 18.5 Å². The number of nitro groups is 1. The first kappa shape index (κ1) is 16.3. The Morgan fingerprint density at radius 2 is 1.54 bits per heavy atom. The zero-order valence-corrected chi connectivity index (χ0v) is 14.6. The van der Waals surface area contributed by atoms with Crippen molar-refractivity contribution < 1.29 is 13.3 Å². The Hall–Kier alpha value is -3.19. The van der Waals surface area contributed by atoms with E-state index in [0.29, 0.717) is 16.4 Å². The molecule has 0 bridgehead atoms. The standard InChI is InChI=1S/C19H14N2O4S/c1-13-6-9-15(10-7-13)26(24,25)20-18-5-3-2-4-16(18)17-11-8-14(21(22)23)12-19(17)20/h2-12H,1H3. The number of aryl methyl sites for hydroxylation is 1. The third kappa shape index (κ3) is 2.36. The third-order valence-corrected chi connectivity index (χ3v) is 6.13. The van der Waals surface area contributed by atoms with Crippen molar-refractivity contribution in [1.29, 1.82) is 0 Å². The van der Waals surface area contributed by atoms with Gasteiger partial charge in [0, 0.05) is 22.9 Å². The first-order valence-electron chi connectivity index (χ1n) is 7.89. The van der Waals surface area contributed by atoms with Crippen molar-refractivity contribution >= 4 is 37.5 Å². The zero-order valence-electron chi connectivity index (χ0n) is 13.8. The minimum Gasteiger partial charge on any atom is -0.258 e. The molecular formula is C19H14N2O4S. The Kier molecular flexibility index (Phi) is 3.55. The molecule has 6 nitrogen and oxygen atoms in total. The summed E-state index contributed by atoms with van der Waals surface area (Å²) < 4.78 is 27.8. The molecular weight excluding hydrogens is 352 g/mol. The second-order valence-electron chi connectivity index (χ2n) is 6.06. The van der Waals surface area contributed by atoms with Crippen molar-refractivity contribution in [3.8, 4) is 0 Å². The summed E-state index contributed by atoms with van der Waals surface area (Å²) in [4.78, 5) is 10.8. The first-order chi connectivity index (χ1) is 12.4. The van der Waals surface area contributed by atoms with E-state index in [1.54, 1.807) is 42.5 Å². The Morgan fingerprint density at radius 1 is 0.885 bits per heavy atom. The first-order valence-corrected chi connectivity index (χ1v) is 9.33. The van der Waals surface area contributed by atoms with Crippen LogP contribution in [0.15, 0.2) is 71.6 Å². The normalized spacial score (nSPS) is 11.9. The van der Waals surface area contributed by atoms with Crippen LogP contribution in [-0.2, 0) is 10.0 Å². The molecule has 7 heteroatoms. The van der Waals surface area contributed by atoms with E-state index in [4.69, 9.17) is 0 Å². The summed E-state index contributed by atoms with van der Waals surface area (Å²) in [6.45, 7) is 1.88. The smallest absolute Gasteiger partial charge is 0.258 e. The minimum atomic E-state index is -3.91. The maximum absolute atomic E-state index is 13.3. The fourth-order valence-corrected chi connectivity index (χ4v) is 4.63. The summed E-state index contributed by atoms with van der Waals surface area (Å²) in [5.74, 6) is 0. The van der Waals surface area contributed by atoms with E-state index in [2.05, 4.69) is 0 Å². The van der Waals surface area contributed by atoms with E-state index >= 15 is 0 Å². The molecule has 1 aromatic heterocycles. The Morgan fingerprint density at radius 3 is 2.23 bits per heavy atom. The maximum atomic E-state index is 13.3. The van der Waals surface area contributed by atoms with E-state index < -0.39 is 14.9 Å². The van der Waals surface area contributed by atoms with Crippen LogP contribution in [0.5, 0.6) is 0 Å². The number of benzene rings is 3.